The molecule has 2 aromatic rings. The van der Waals surface area contributed by atoms with E-state index in [0.29, 0.717) is 16.8 Å². The van der Waals surface area contributed by atoms with E-state index in [1.807, 2.05) is 0 Å². The lowest BCUT2D eigenvalue weighted by Gasteiger charge is -2.28. The largest absolute Gasteiger partial charge is 0.438 e. The fourth-order valence-electron chi connectivity index (χ4n) is 2.68. The smallest absolute Gasteiger partial charge is 0.321 e. The van der Waals surface area contributed by atoms with Crippen LogP contribution in [0.15, 0.2) is 48.5 Å². The number of benzene rings is 2. The number of carbonyl (C=O) groups excluding carboxylic acids is 2. The maximum atomic E-state index is 12.9. The topological polar surface area (TPSA) is 72.6 Å². The van der Waals surface area contributed by atoms with Crippen molar-refractivity contribution in [1.82, 2.24) is 0 Å². The van der Waals surface area contributed by atoms with Gasteiger partial charge in [-0.05, 0) is 12.1 Å². The second-order valence-corrected chi connectivity index (χ2v) is 5.69. The standard InChI is InChI=1S/C16H12Cl2N2O3/c17-12-7-3-1-5-10(12)16(23-14(21)9-19)11-6-2-4-8-13(11)20(18)15(16)22/h1-8H,9,19H2. The number of nitrogens with two attached hydrogens (primary N) is 1. The van der Waals surface area contributed by atoms with Crippen molar-refractivity contribution in [3.05, 3.63) is 64.7 Å². The van der Waals surface area contributed by atoms with Gasteiger partial charge in [0.1, 0.15) is 0 Å². The zero-order valence-corrected chi connectivity index (χ0v) is 13.3. The molecule has 1 unspecified atom stereocenters. The van der Waals surface area contributed by atoms with Crippen molar-refractivity contribution in [3.8, 4) is 0 Å². The molecule has 0 saturated heterocycles. The number of anilines is 1. The van der Waals surface area contributed by atoms with Crippen molar-refractivity contribution in [3.63, 3.8) is 0 Å². The molecule has 23 heavy (non-hydrogen) atoms. The van der Waals surface area contributed by atoms with E-state index in [-0.39, 0.29) is 11.6 Å². The van der Waals surface area contributed by atoms with Crippen molar-refractivity contribution in [2.75, 3.05) is 11.0 Å². The number of esters is 1. The fourth-order valence-corrected chi connectivity index (χ4v) is 3.21. The number of amides is 1. The molecular weight excluding hydrogens is 339 g/mol. The highest BCUT2D eigenvalue weighted by molar-refractivity contribution is 6.41. The molecule has 0 aliphatic carbocycles. The Morgan fingerprint density at radius 3 is 2.39 bits per heavy atom. The van der Waals surface area contributed by atoms with E-state index in [2.05, 4.69) is 0 Å². The maximum absolute atomic E-state index is 12.9. The summed E-state index contributed by atoms with van der Waals surface area (Å²) in [6, 6.07) is 13.4. The molecule has 118 valence electrons. The van der Waals surface area contributed by atoms with E-state index in [4.69, 9.17) is 33.8 Å². The molecule has 2 aromatic carbocycles. The number of nitrogens with zero attached hydrogens (tertiary/aromatic N) is 1. The highest BCUT2D eigenvalue weighted by Crippen LogP contribution is 2.49. The van der Waals surface area contributed by atoms with E-state index >= 15 is 0 Å². The maximum Gasteiger partial charge on any atom is 0.321 e. The second kappa shape index (κ2) is 5.85. The summed E-state index contributed by atoms with van der Waals surface area (Å²) in [7, 11) is 0. The van der Waals surface area contributed by atoms with Gasteiger partial charge in [-0.3, -0.25) is 9.59 Å². The minimum Gasteiger partial charge on any atom is -0.438 e. The quantitative estimate of drug-likeness (QED) is 0.682. The number of rotatable bonds is 3. The summed E-state index contributed by atoms with van der Waals surface area (Å²) in [6.45, 7) is -0.371. The molecule has 0 bridgehead atoms. The average molecular weight is 351 g/mol. The first kappa shape index (κ1) is 15.8. The van der Waals surface area contributed by atoms with Gasteiger partial charge in [-0.2, -0.15) is 0 Å². The Kier molecular flexibility index (Phi) is 4.02. The summed E-state index contributed by atoms with van der Waals surface area (Å²) in [5, 5.41) is 0.285. The van der Waals surface area contributed by atoms with Crippen LogP contribution in [0.3, 0.4) is 0 Å². The van der Waals surface area contributed by atoms with Crippen LogP contribution in [0.4, 0.5) is 5.69 Å². The van der Waals surface area contributed by atoms with E-state index in [0.717, 1.165) is 4.42 Å². The number of carbonyl (C=O) groups is 2. The Hall–Kier alpha value is -2.08. The summed E-state index contributed by atoms with van der Waals surface area (Å²) < 4.78 is 6.43. The molecule has 2 N–H and O–H groups in total. The van der Waals surface area contributed by atoms with Gasteiger partial charge >= 0.3 is 5.97 Å². The van der Waals surface area contributed by atoms with Gasteiger partial charge in [0.25, 0.3) is 5.91 Å². The van der Waals surface area contributed by atoms with Crippen LogP contribution in [0.2, 0.25) is 5.02 Å². The average Bonchev–Trinajstić information content (AvgIpc) is 2.78. The van der Waals surface area contributed by atoms with Crippen LogP contribution < -0.4 is 10.2 Å². The highest BCUT2D eigenvalue weighted by atomic mass is 35.5. The first-order chi connectivity index (χ1) is 11.0. The van der Waals surface area contributed by atoms with Crippen LogP contribution in [0.25, 0.3) is 0 Å². The summed E-state index contributed by atoms with van der Waals surface area (Å²) >= 11 is 12.4. The molecule has 1 heterocycles. The first-order valence-electron chi connectivity index (χ1n) is 6.79. The summed E-state index contributed by atoms with van der Waals surface area (Å²) in [4.78, 5) is 24.8. The Labute approximate surface area is 142 Å². The highest BCUT2D eigenvalue weighted by Gasteiger charge is 2.56. The van der Waals surface area contributed by atoms with Crippen LogP contribution in [-0.2, 0) is 19.9 Å². The van der Waals surface area contributed by atoms with Crippen LogP contribution in [0.1, 0.15) is 11.1 Å². The van der Waals surface area contributed by atoms with Gasteiger partial charge in [0.2, 0.25) is 5.60 Å². The van der Waals surface area contributed by atoms with Gasteiger partial charge in [-0.25, -0.2) is 4.42 Å². The zero-order valence-electron chi connectivity index (χ0n) is 11.8. The van der Waals surface area contributed by atoms with Crippen molar-refractivity contribution in [2.24, 2.45) is 5.73 Å². The molecule has 1 atom stereocenters. The lowest BCUT2D eigenvalue weighted by Crippen LogP contribution is -2.43. The van der Waals surface area contributed by atoms with Crippen LogP contribution in [0, 0.1) is 0 Å². The van der Waals surface area contributed by atoms with Crippen molar-refractivity contribution < 1.29 is 14.3 Å². The van der Waals surface area contributed by atoms with Crippen LogP contribution >= 0.6 is 23.4 Å². The van der Waals surface area contributed by atoms with Crippen LogP contribution in [-0.4, -0.2) is 18.4 Å². The molecule has 5 nitrogen and oxygen atoms in total. The molecule has 0 fully saturated rings. The van der Waals surface area contributed by atoms with E-state index in [9.17, 15) is 9.59 Å². The van der Waals surface area contributed by atoms with E-state index in [1.54, 1.807) is 48.5 Å². The SMILES string of the molecule is NCC(=O)OC1(c2ccccc2Cl)C(=O)N(Cl)c2ccccc21. The summed E-state index contributed by atoms with van der Waals surface area (Å²) in [5.74, 6) is -1.35. The molecule has 0 aromatic heterocycles. The van der Waals surface area contributed by atoms with E-state index in [1.165, 1.54) is 0 Å². The Morgan fingerprint density at radius 1 is 1.13 bits per heavy atom. The third-order valence-electron chi connectivity index (χ3n) is 3.66. The van der Waals surface area contributed by atoms with Gasteiger partial charge < -0.3 is 10.5 Å². The first-order valence-corrected chi connectivity index (χ1v) is 7.50. The van der Waals surface area contributed by atoms with Crippen LogP contribution in [0.5, 0.6) is 0 Å². The molecule has 7 heteroatoms. The third kappa shape index (κ3) is 2.28. The molecule has 0 radical (unpaired) electrons. The molecule has 1 aliphatic heterocycles. The number of para-hydroxylation sites is 1. The number of ether oxygens (including phenoxy) is 1. The van der Waals surface area contributed by atoms with E-state index < -0.39 is 17.5 Å². The van der Waals surface area contributed by atoms with Gasteiger partial charge in [0.15, 0.2) is 0 Å². The molecule has 0 saturated carbocycles. The summed E-state index contributed by atoms with van der Waals surface area (Å²) in [6.07, 6.45) is 0. The Balaban J connectivity index is 2.32. The van der Waals surface area contributed by atoms with Crippen molar-refractivity contribution in [1.29, 1.82) is 0 Å². The molecule has 1 amide bonds. The van der Waals surface area contributed by atoms with Crippen molar-refractivity contribution >= 4 is 40.9 Å². The minimum absolute atomic E-state index is 0.285. The van der Waals surface area contributed by atoms with Crippen molar-refractivity contribution in [2.45, 2.75) is 5.60 Å². The van der Waals surface area contributed by atoms with Gasteiger partial charge in [-0.1, -0.05) is 48.0 Å². The van der Waals surface area contributed by atoms with Gasteiger partial charge in [-0.15, -0.1) is 0 Å². The number of halogens is 2. The minimum atomic E-state index is -1.74. The lowest BCUT2D eigenvalue weighted by atomic mass is 9.87. The second-order valence-electron chi connectivity index (χ2n) is 4.94. The molecule has 1 aliphatic rings. The molecular formula is C16H12Cl2N2O3. The molecule has 3 rings (SSSR count). The monoisotopic (exact) mass is 350 g/mol. The number of fused-ring (bicyclic) bond motifs is 1. The summed E-state index contributed by atoms with van der Waals surface area (Å²) in [5.41, 5.74) is 4.83. The predicted octanol–water partition coefficient (Wildman–Crippen LogP) is 2.59. The zero-order chi connectivity index (χ0) is 16.6. The van der Waals surface area contributed by atoms with Gasteiger partial charge in [0, 0.05) is 27.9 Å². The lowest BCUT2D eigenvalue weighted by molar-refractivity contribution is -0.161. The Bertz CT molecular complexity index is 796. The number of hydrogen-bond acceptors (Lipinski definition) is 4. The number of hydrogen-bond donors (Lipinski definition) is 1. The predicted molar refractivity (Wildman–Crippen MR) is 87.2 cm³/mol. The Morgan fingerprint density at radius 2 is 1.74 bits per heavy atom. The third-order valence-corrected chi connectivity index (χ3v) is 4.33. The van der Waals surface area contributed by atoms with Gasteiger partial charge in [0.05, 0.1) is 12.2 Å². The fraction of sp³-hybridized carbons (Fsp3) is 0.125. The normalized spacial score (nSPS) is 19.6. The molecule has 0 spiro atoms.